The molecule has 2 nitrogen and oxygen atoms in total. The van der Waals surface area contributed by atoms with Crippen molar-refractivity contribution in [1.82, 2.24) is 0 Å². The molecule has 0 aliphatic carbocycles. The molecule has 0 saturated heterocycles. The Hall–Kier alpha value is 1.95. The molecule has 16 valence electrons. The van der Waals surface area contributed by atoms with Crippen molar-refractivity contribution in [1.29, 1.82) is 0 Å². The van der Waals surface area contributed by atoms with Crippen molar-refractivity contribution >= 4 is 0 Å². The first-order chi connectivity index (χ1) is 0. The molecule has 0 spiro atoms. The summed E-state index contributed by atoms with van der Waals surface area (Å²) in [5, 5.41) is 0. The topological polar surface area (TPSA) is 57.0 Å². The van der Waals surface area contributed by atoms with Gasteiger partial charge in [0.25, 0.3) is 0 Å². The second kappa shape index (κ2) is 38.4. The van der Waals surface area contributed by atoms with Crippen molar-refractivity contribution in [2.45, 2.75) is 0 Å². The van der Waals surface area contributed by atoms with Crippen LogP contribution in [-0.2, 0) is 54.4 Å². The third-order valence-corrected chi connectivity index (χ3v) is 0. The maximum atomic E-state index is 0. The molecule has 5 heteroatoms. The van der Waals surface area contributed by atoms with Crippen LogP contribution in [0.4, 0.5) is 0 Å². The van der Waals surface area contributed by atoms with E-state index in [1.807, 2.05) is 0 Å². The molecule has 0 unspecified atom stereocenters. The number of rotatable bonds is 0. The summed E-state index contributed by atoms with van der Waals surface area (Å²) in [6.07, 6.45) is 0. The molecule has 5 heavy (non-hydrogen) atoms. The van der Waals surface area contributed by atoms with Crippen molar-refractivity contribution in [3.05, 3.63) is 0 Å². The van der Waals surface area contributed by atoms with Gasteiger partial charge in [-0.1, -0.05) is 0 Å². The van der Waals surface area contributed by atoms with Gasteiger partial charge < -0.3 is 11.0 Å². The average molecular weight is 135 g/mol. The van der Waals surface area contributed by atoms with Crippen molar-refractivity contribution in [3.63, 3.8) is 0 Å². The van der Waals surface area contributed by atoms with Gasteiger partial charge in [0, 0.05) is 0 Å². The fourth-order valence-electron chi connectivity index (χ4n) is 0. The molecule has 0 bridgehead atoms. The van der Waals surface area contributed by atoms with Crippen LogP contribution in [-0.4, -0.2) is 0 Å². The summed E-state index contributed by atoms with van der Waals surface area (Å²) in [5.74, 6) is 0. The van der Waals surface area contributed by atoms with E-state index in [0.717, 1.165) is 0 Å². The van der Waals surface area contributed by atoms with Crippen LogP contribution in [0.5, 0.6) is 0 Å². The molecule has 0 aromatic carbocycles. The first-order valence-corrected chi connectivity index (χ1v) is 0. The molecule has 0 radical (unpaired) electrons. The minimum absolute atomic E-state index is 0. The van der Waals surface area contributed by atoms with E-state index in [9.17, 15) is 0 Å². The normalized spacial score (nSPS) is 0. The molecule has 0 aromatic rings. The average Bonchev–Trinajstić information content (AvgIpc) is 0. The molecule has 0 heterocycles. The van der Waals surface area contributed by atoms with Gasteiger partial charge in [0.15, 0.2) is 0 Å². The van der Waals surface area contributed by atoms with Crippen LogP contribution in [0.25, 0.3) is 0 Å². The van der Waals surface area contributed by atoms with Gasteiger partial charge in [0.1, 0.15) is 0 Å². The van der Waals surface area contributed by atoms with Gasteiger partial charge in [-0.15, -0.1) is 0 Å². The van der Waals surface area contributed by atoms with E-state index in [1.165, 1.54) is 0 Å². The van der Waals surface area contributed by atoms with Crippen LogP contribution in [0.1, 0.15) is 0 Å². The standard InChI is InChI=1S/Li.2O.2Ti/q+1;2*-2;2*+4. The number of hydrogen-bond acceptors (Lipinski definition) is 0. The summed E-state index contributed by atoms with van der Waals surface area (Å²) in [4.78, 5) is 0. The molecule has 0 aliphatic heterocycles. The molecule has 0 atom stereocenters. The van der Waals surface area contributed by atoms with Crippen molar-refractivity contribution < 1.29 is 73.2 Å². The van der Waals surface area contributed by atoms with Crippen molar-refractivity contribution in [2.75, 3.05) is 0 Å². The Kier molecular flexibility index (Phi) is 498. The summed E-state index contributed by atoms with van der Waals surface area (Å²) in [7, 11) is 0. The zero-order valence-corrected chi connectivity index (χ0v) is 5.94. The first-order valence-electron chi connectivity index (χ1n) is 0. The molecular formula is LiO2Ti2+5. The maximum absolute atomic E-state index is 0. The Balaban J connectivity index is 0. The van der Waals surface area contributed by atoms with Crippen molar-refractivity contribution in [3.8, 4) is 0 Å². The fourth-order valence-corrected chi connectivity index (χ4v) is 0. The SMILES string of the molecule is [Li+].[O-2].[O-2].[Ti+4].[Ti+4]. The molecule has 0 N–H and O–H groups in total. The molecule has 0 fully saturated rings. The molecular weight excluding hydrogens is 135 g/mol. The van der Waals surface area contributed by atoms with Gasteiger partial charge in [-0.3, -0.25) is 0 Å². The fraction of sp³-hybridized carbons (Fsp3) is 0. The first kappa shape index (κ1) is 64.8. The Labute approximate surface area is 72.6 Å². The van der Waals surface area contributed by atoms with Crippen LogP contribution < -0.4 is 18.9 Å². The van der Waals surface area contributed by atoms with E-state index in [1.54, 1.807) is 0 Å². The third-order valence-electron chi connectivity index (χ3n) is 0. The summed E-state index contributed by atoms with van der Waals surface area (Å²) in [6.45, 7) is 0. The largest absolute Gasteiger partial charge is 4.00 e. The Morgan fingerprint density at radius 3 is 0.600 bits per heavy atom. The van der Waals surface area contributed by atoms with E-state index < -0.39 is 0 Å². The van der Waals surface area contributed by atoms with Gasteiger partial charge in [0.2, 0.25) is 0 Å². The van der Waals surface area contributed by atoms with E-state index in [0.29, 0.717) is 0 Å². The van der Waals surface area contributed by atoms with E-state index in [2.05, 4.69) is 0 Å². The summed E-state index contributed by atoms with van der Waals surface area (Å²) in [6, 6.07) is 0. The Morgan fingerprint density at radius 2 is 0.600 bits per heavy atom. The maximum Gasteiger partial charge on any atom is 4.00 e. The Morgan fingerprint density at radius 1 is 0.600 bits per heavy atom. The minimum atomic E-state index is 0. The number of hydrogen-bond donors (Lipinski definition) is 0. The predicted molar refractivity (Wildman–Crippen MR) is 1.37 cm³/mol. The molecule has 0 rings (SSSR count). The van der Waals surface area contributed by atoms with E-state index in [4.69, 9.17) is 0 Å². The zero-order chi connectivity index (χ0) is 0. The monoisotopic (exact) mass is 135 g/mol. The van der Waals surface area contributed by atoms with Crippen LogP contribution in [0.15, 0.2) is 0 Å². The molecule has 0 amide bonds. The summed E-state index contributed by atoms with van der Waals surface area (Å²) >= 11 is 0. The van der Waals surface area contributed by atoms with Crippen LogP contribution in [0, 0.1) is 0 Å². The Bertz CT molecular complexity index is 7.61. The third kappa shape index (κ3) is 24.4. The zero-order valence-electron chi connectivity index (χ0n) is 2.82. The quantitative estimate of drug-likeness (QED) is 0.313. The van der Waals surface area contributed by atoms with Crippen LogP contribution in [0.3, 0.4) is 0 Å². The van der Waals surface area contributed by atoms with Gasteiger partial charge in [0.05, 0.1) is 0 Å². The van der Waals surface area contributed by atoms with E-state index >= 15 is 0 Å². The predicted octanol–water partition coefficient (Wildman–Crippen LogP) is -3.24. The van der Waals surface area contributed by atoms with Gasteiger partial charge in [-0.2, -0.15) is 0 Å². The molecule has 0 saturated carbocycles. The minimum Gasteiger partial charge on any atom is -2.00 e. The summed E-state index contributed by atoms with van der Waals surface area (Å²) in [5.41, 5.74) is 0. The second-order valence-electron chi connectivity index (χ2n) is 0. The van der Waals surface area contributed by atoms with Gasteiger partial charge in [-0.25, -0.2) is 0 Å². The van der Waals surface area contributed by atoms with Gasteiger partial charge in [-0.05, 0) is 0 Å². The second-order valence-corrected chi connectivity index (χ2v) is 0. The smallest absolute Gasteiger partial charge is 2.00 e. The molecule has 0 aliphatic rings. The molecule has 0 aromatic heterocycles. The summed E-state index contributed by atoms with van der Waals surface area (Å²) < 4.78 is 0. The van der Waals surface area contributed by atoms with Gasteiger partial charge >= 0.3 is 62.3 Å². The van der Waals surface area contributed by atoms with Crippen LogP contribution in [0.2, 0.25) is 0 Å². The van der Waals surface area contributed by atoms with Crippen molar-refractivity contribution in [2.24, 2.45) is 0 Å². The van der Waals surface area contributed by atoms with Crippen LogP contribution >= 0.6 is 0 Å². The van der Waals surface area contributed by atoms with E-state index in [-0.39, 0.29) is 73.2 Å².